The molecule has 4 rings (SSSR count). The van der Waals surface area contributed by atoms with Crippen molar-refractivity contribution in [2.75, 3.05) is 11.4 Å². The van der Waals surface area contributed by atoms with Gasteiger partial charge < -0.3 is 9.64 Å². The summed E-state index contributed by atoms with van der Waals surface area (Å²) in [6.07, 6.45) is 0.870. The van der Waals surface area contributed by atoms with Gasteiger partial charge in [0.1, 0.15) is 12.4 Å². The summed E-state index contributed by atoms with van der Waals surface area (Å²) in [6, 6.07) is 17.4. The van der Waals surface area contributed by atoms with Gasteiger partial charge in [-0.1, -0.05) is 36.7 Å². The van der Waals surface area contributed by atoms with Gasteiger partial charge in [0.2, 0.25) is 0 Å². The SMILES string of the molecule is CCCN(C(=O)c1cc2c(s1)-c1ccccc1OC2)c1cccc(Cl)c1. The molecule has 1 aromatic heterocycles. The number of carbonyl (C=O) groups excluding carboxylic acids is 1. The monoisotopic (exact) mass is 383 g/mol. The fraction of sp³-hybridized carbons (Fsp3) is 0.190. The van der Waals surface area contributed by atoms with Gasteiger partial charge in [-0.3, -0.25) is 4.79 Å². The van der Waals surface area contributed by atoms with Crippen LogP contribution in [0.2, 0.25) is 5.02 Å². The van der Waals surface area contributed by atoms with Crippen LogP contribution in [-0.4, -0.2) is 12.5 Å². The predicted molar refractivity (Wildman–Crippen MR) is 108 cm³/mol. The Morgan fingerprint density at radius 1 is 1.19 bits per heavy atom. The van der Waals surface area contributed by atoms with Crippen molar-refractivity contribution in [2.24, 2.45) is 0 Å². The van der Waals surface area contributed by atoms with E-state index in [1.54, 1.807) is 4.90 Å². The lowest BCUT2D eigenvalue weighted by molar-refractivity contribution is 0.0990. The van der Waals surface area contributed by atoms with Crippen molar-refractivity contribution in [2.45, 2.75) is 20.0 Å². The van der Waals surface area contributed by atoms with Crippen LogP contribution in [0.3, 0.4) is 0 Å². The number of nitrogens with zero attached hydrogens (tertiary/aromatic N) is 1. The van der Waals surface area contributed by atoms with Crippen LogP contribution in [-0.2, 0) is 6.61 Å². The molecule has 1 amide bonds. The molecular weight excluding hydrogens is 366 g/mol. The van der Waals surface area contributed by atoms with Crippen LogP contribution in [0.15, 0.2) is 54.6 Å². The van der Waals surface area contributed by atoms with E-state index < -0.39 is 0 Å². The Labute approximate surface area is 161 Å². The molecule has 2 heterocycles. The van der Waals surface area contributed by atoms with E-state index in [2.05, 4.69) is 6.92 Å². The summed E-state index contributed by atoms with van der Waals surface area (Å²) in [6.45, 7) is 3.21. The molecule has 0 bridgehead atoms. The Kier molecular flexibility index (Phi) is 4.70. The maximum atomic E-state index is 13.2. The first-order chi connectivity index (χ1) is 12.7. The van der Waals surface area contributed by atoms with E-state index in [0.29, 0.717) is 18.2 Å². The molecule has 2 aromatic carbocycles. The van der Waals surface area contributed by atoms with Crippen LogP contribution < -0.4 is 9.64 Å². The molecule has 0 unspecified atom stereocenters. The number of anilines is 1. The molecule has 3 nitrogen and oxygen atoms in total. The van der Waals surface area contributed by atoms with E-state index in [4.69, 9.17) is 16.3 Å². The zero-order chi connectivity index (χ0) is 18.1. The van der Waals surface area contributed by atoms with Crippen molar-refractivity contribution in [3.63, 3.8) is 0 Å². The fourth-order valence-corrected chi connectivity index (χ4v) is 4.48. The Bertz CT molecular complexity index is 966. The third-order valence-corrected chi connectivity index (χ3v) is 5.78. The lowest BCUT2D eigenvalue weighted by Gasteiger charge is -2.21. The number of carbonyl (C=O) groups is 1. The molecule has 0 atom stereocenters. The lowest BCUT2D eigenvalue weighted by Crippen LogP contribution is -2.31. The zero-order valence-electron chi connectivity index (χ0n) is 14.4. The first-order valence-electron chi connectivity index (χ1n) is 8.59. The van der Waals surface area contributed by atoms with Crippen LogP contribution >= 0.6 is 22.9 Å². The second-order valence-electron chi connectivity index (χ2n) is 6.19. The summed E-state index contributed by atoms with van der Waals surface area (Å²) in [5.74, 6) is 0.882. The highest BCUT2D eigenvalue weighted by Gasteiger charge is 2.25. The van der Waals surface area contributed by atoms with E-state index in [0.717, 1.165) is 38.7 Å². The molecule has 26 heavy (non-hydrogen) atoms. The average Bonchev–Trinajstić information content (AvgIpc) is 3.10. The number of amides is 1. The number of hydrogen-bond acceptors (Lipinski definition) is 3. The number of para-hydroxylation sites is 1. The summed E-state index contributed by atoms with van der Waals surface area (Å²) in [5, 5.41) is 0.629. The summed E-state index contributed by atoms with van der Waals surface area (Å²) in [5.41, 5.74) is 2.95. The maximum Gasteiger partial charge on any atom is 0.268 e. The summed E-state index contributed by atoms with van der Waals surface area (Å²) in [7, 11) is 0. The molecule has 0 saturated heterocycles. The number of hydrogen-bond donors (Lipinski definition) is 0. The van der Waals surface area contributed by atoms with Gasteiger partial charge in [0, 0.05) is 33.3 Å². The van der Waals surface area contributed by atoms with Gasteiger partial charge in [-0.15, -0.1) is 11.3 Å². The highest BCUT2D eigenvalue weighted by Crippen LogP contribution is 2.42. The maximum absolute atomic E-state index is 13.2. The van der Waals surface area contributed by atoms with Crippen molar-refractivity contribution in [3.05, 3.63) is 70.1 Å². The second-order valence-corrected chi connectivity index (χ2v) is 7.68. The van der Waals surface area contributed by atoms with Crippen molar-refractivity contribution < 1.29 is 9.53 Å². The predicted octanol–water partition coefficient (Wildman–Crippen LogP) is 6.02. The summed E-state index contributed by atoms with van der Waals surface area (Å²) < 4.78 is 5.82. The minimum Gasteiger partial charge on any atom is -0.488 e. The van der Waals surface area contributed by atoms with Gasteiger partial charge in [0.25, 0.3) is 5.91 Å². The Balaban J connectivity index is 1.71. The van der Waals surface area contributed by atoms with Gasteiger partial charge in [0.15, 0.2) is 0 Å². The summed E-state index contributed by atoms with van der Waals surface area (Å²) >= 11 is 7.66. The van der Waals surface area contributed by atoms with Crippen LogP contribution in [0, 0.1) is 0 Å². The molecule has 0 saturated carbocycles. The molecule has 0 radical (unpaired) electrons. The number of rotatable bonds is 4. The lowest BCUT2D eigenvalue weighted by atomic mass is 10.1. The van der Waals surface area contributed by atoms with Crippen LogP contribution in [0.1, 0.15) is 28.6 Å². The van der Waals surface area contributed by atoms with Crippen molar-refractivity contribution in [1.82, 2.24) is 0 Å². The topological polar surface area (TPSA) is 29.5 Å². The highest BCUT2D eigenvalue weighted by atomic mass is 35.5. The molecule has 1 aliphatic heterocycles. The quantitative estimate of drug-likeness (QED) is 0.551. The third-order valence-electron chi connectivity index (χ3n) is 4.35. The van der Waals surface area contributed by atoms with E-state index in [9.17, 15) is 4.79 Å². The highest BCUT2D eigenvalue weighted by molar-refractivity contribution is 7.17. The van der Waals surface area contributed by atoms with Crippen LogP contribution in [0.5, 0.6) is 5.75 Å². The van der Waals surface area contributed by atoms with Crippen molar-refractivity contribution in [3.8, 4) is 16.2 Å². The molecule has 0 aliphatic carbocycles. The van der Waals surface area contributed by atoms with Crippen molar-refractivity contribution >= 4 is 34.5 Å². The van der Waals surface area contributed by atoms with Gasteiger partial charge in [0.05, 0.1) is 4.88 Å². The Morgan fingerprint density at radius 3 is 2.85 bits per heavy atom. The fourth-order valence-electron chi connectivity index (χ4n) is 3.15. The molecule has 3 aromatic rings. The number of halogens is 1. The molecule has 0 N–H and O–H groups in total. The Morgan fingerprint density at radius 2 is 2.04 bits per heavy atom. The van der Waals surface area contributed by atoms with E-state index in [-0.39, 0.29) is 5.91 Å². The first-order valence-corrected chi connectivity index (χ1v) is 9.79. The molecule has 0 fully saturated rings. The number of ether oxygens (including phenoxy) is 1. The standard InChI is InChI=1S/C21H18ClNO2S/c1-2-10-23(16-7-5-6-15(22)12-16)21(24)19-11-14-13-25-18-9-4-3-8-17(18)20(14)26-19/h3-9,11-12H,2,10,13H2,1H3. The molecule has 1 aliphatic rings. The Hall–Kier alpha value is -2.30. The third kappa shape index (κ3) is 3.11. The van der Waals surface area contributed by atoms with E-state index in [1.165, 1.54) is 11.3 Å². The van der Waals surface area contributed by atoms with Gasteiger partial charge >= 0.3 is 0 Å². The number of fused-ring (bicyclic) bond motifs is 3. The van der Waals surface area contributed by atoms with Crippen LogP contribution in [0.4, 0.5) is 5.69 Å². The number of thiophene rings is 1. The van der Waals surface area contributed by atoms with Gasteiger partial charge in [-0.25, -0.2) is 0 Å². The minimum atomic E-state index is 0.00555. The van der Waals surface area contributed by atoms with Crippen molar-refractivity contribution in [1.29, 1.82) is 0 Å². The molecule has 132 valence electrons. The normalized spacial score (nSPS) is 12.1. The van der Waals surface area contributed by atoms with Crippen LogP contribution in [0.25, 0.3) is 10.4 Å². The van der Waals surface area contributed by atoms with Gasteiger partial charge in [-0.2, -0.15) is 0 Å². The smallest absolute Gasteiger partial charge is 0.268 e. The average molecular weight is 384 g/mol. The van der Waals surface area contributed by atoms with E-state index >= 15 is 0 Å². The van der Waals surface area contributed by atoms with Gasteiger partial charge in [-0.05, 0) is 42.8 Å². The second kappa shape index (κ2) is 7.14. The molecule has 5 heteroatoms. The molecule has 0 spiro atoms. The minimum absolute atomic E-state index is 0.00555. The first kappa shape index (κ1) is 17.1. The summed E-state index contributed by atoms with van der Waals surface area (Å²) in [4.78, 5) is 16.9. The zero-order valence-corrected chi connectivity index (χ0v) is 15.9. The number of benzene rings is 2. The van der Waals surface area contributed by atoms with E-state index in [1.807, 2.05) is 54.6 Å². The molecular formula is C21H18ClNO2S. The largest absolute Gasteiger partial charge is 0.488 e.